The van der Waals surface area contributed by atoms with Crippen LogP contribution in [0.15, 0.2) is 23.3 Å². The summed E-state index contributed by atoms with van der Waals surface area (Å²) in [4.78, 5) is 15.1. The fourth-order valence-electron chi connectivity index (χ4n) is 3.07. The molecular formula is C16H20F3N5O. The minimum Gasteiger partial charge on any atom is -0.368 e. The average molecular weight is 355 g/mol. The molecule has 1 fully saturated rings. The number of piperazine rings is 1. The minimum atomic E-state index is -4.47. The third-order valence-corrected chi connectivity index (χ3v) is 4.48. The van der Waals surface area contributed by atoms with Crippen molar-refractivity contribution in [2.75, 3.05) is 38.1 Å². The monoisotopic (exact) mass is 355 g/mol. The van der Waals surface area contributed by atoms with E-state index in [1.54, 1.807) is 17.9 Å². The molecule has 0 saturated carbocycles. The molecule has 6 nitrogen and oxygen atoms in total. The van der Waals surface area contributed by atoms with Crippen LogP contribution in [0.3, 0.4) is 0 Å². The molecular weight excluding hydrogens is 335 g/mol. The molecule has 0 bridgehead atoms. The van der Waals surface area contributed by atoms with Crippen LogP contribution in [0.25, 0.3) is 0 Å². The van der Waals surface area contributed by atoms with E-state index < -0.39 is 23.8 Å². The number of nitrogens with zero attached hydrogens (tertiary/aromatic N) is 3. The van der Waals surface area contributed by atoms with Crippen LogP contribution >= 0.6 is 0 Å². The van der Waals surface area contributed by atoms with E-state index in [1.807, 2.05) is 7.05 Å². The summed E-state index contributed by atoms with van der Waals surface area (Å²) in [6, 6.07) is 3.29. The highest BCUT2D eigenvalue weighted by Crippen LogP contribution is 2.38. The standard InChI is InChI=1S/C16H20F3N5O/c1-10-14(21-22-15(25)20-10)11-3-4-13(12(9-11)16(17,18)19)24-7-5-23(2)6-8-24/h3-4,9-10H,5-8H2,1-2H3,(H2,20,22,25)/t10-/m0/s1. The van der Waals surface area contributed by atoms with E-state index in [-0.39, 0.29) is 5.69 Å². The Kier molecular flexibility index (Phi) is 4.59. The summed E-state index contributed by atoms with van der Waals surface area (Å²) in [6.07, 6.45) is -4.47. The summed E-state index contributed by atoms with van der Waals surface area (Å²) in [7, 11) is 1.95. The van der Waals surface area contributed by atoms with Crippen LogP contribution in [0.5, 0.6) is 0 Å². The van der Waals surface area contributed by atoms with Crippen molar-refractivity contribution in [3.05, 3.63) is 29.3 Å². The summed E-state index contributed by atoms with van der Waals surface area (Å²) < 4.78 is 40.9. The molecule has 2 heterocycles. The number of halogens is 3. The van der Waals surface area contributed by atoms with Gasteiger partial charge < -0.3 is 15.1 Å². The minimum absolute atomic E-state index is 0.186. The first-order valence-electron chi connectivity index (χ1n) is 8.05. The zero-order chi connectivity index (χ0) is 18.2. The van der Waals surface area contributed by atoms with Crippen molar-refractivity contribution in [3.63, 3.8) is 0 Å². The number of nitrogens with one attached hydrogen (secondary N) is 2. The molecule has 1 atom stereocenters. The topological polar surface area (TPSA) is 60.0 Å². The SMILES string of the molecule is C[C@@H]1NC(=O)NN=C1c1ccc(N2CCN(C)CC2)c(C(F)(F)F)c1. The maximum Gasteiger partial charge on any atom is 0.418 e. The molecule has 2 amide bonds. The molecule has 0 aliphatic carbocycles. The van der Waals surface area contributed by atoms with Gasteiger partial charge in [-0.3, -0.25) is 0 Å². The number of anilines is 1. The maximum absolute atomic E-state index is 13.6. The first-order chi connectivity index (χ1) is 11.8. The van der Waals surface area contributed by atoms with E-state index in [0.717, 1.165) is 19.2 Å². The van der Waals surface area contributed by atoms with Gasteiger partial charge in [0.15, 0.2) is 0 Å². The van der Waals surface area contributed by atoms with Gasteiger partial charge in [0.25, 0.3) is 0 Å². The number of carbonyl (C=O) groups is 1. The lowest BCUT2D eigenvalue weighted by molar-refractivity contribution is -0.137. The van der Waals surface area contributed by atoms with Gasteiger partial charge in [0.05, 0.1) is 17.3 Å². The van der Waals surface area contributed by atoms with Crippen molar-refractivity contribution >= 4 is 17.4 Å². The van der Waals surface area contributed by atoms with E-state index >= 15 is 0 Å². The molecule has 136 valence electrons. The lowest BCUT2D eigenvalue weighted by Crippen LogP contribution is -2.48. The Bertz CT molecular complexity index is 696. The molecule has 2 N–H and O–H groups in total. The number of alkyl halides is 3. The number of rotatable bonds is 2. The van der Waals surface area contributed by atoms with Crippen molar-refractivity contribution in [2.24, 2.45) is 5.10 Å². The highest BCUT2D eigenvalue weighted by Gasteiger charge is 2.36. The van der Waals surface area contributed by atoms with Crippen LogP contribution in [0.2, 0.25) is 0 Å². The van der Waals surface area contributed by atoms with E-state index in [4.69, 9.17) is 0 Å². The number of amides is 2. The molecule has 0 unspecified atom stereocenters. The van der Waals surface area contributed by atoms with Gasteiger partial charge in [-0.15, -0.1) is 0 Å². The predicted molar refractivity (Wildman–Crippen MR) is 88.8 cm³/mol. The van der Waals surface area contributed by atoms with Crippen molar-refractivity contribution < 1.29 is 18.0 Å². The fraction of sp³-hybridized carbons (Fsp3) is 0.500. The third-order valence-electron chi connectivity index (χ3n) is 4.48. The summed E-state index contributed by atoms with van der Waals surface area (Å²) in [6.45, 7) is 4.22. The molecule has 1 aromatic carbocycles. The van der Waals surface area contributed by atoms with Gasteiger partial charge in [-0.2, -0.15) is 18.3 Å². The summed E-state index contributed by atoms with van der Waals surface area (Å²) in [5.74, 6) is 0. The van der Waals surface area contributed by atoms with E-state index in [2.05, 4.69) is 20.7 Å². The predicted octanol–water partition coefficient (Wildman–Crippen LogP) is 1.86. The Morgan fingerprint density at radius 3 is 2.48 bits per heavy atom. The van der Waals surface area contributed by atoms with E-state index in [0.29, 0.717) is 24.4 Å². The molecule has 0 radical (unpaired) electrons. The van der Waals surface area contributed by atoms with Gasteiger partial charge in [0.1, 0.15) is 0 Å². The number of benzene rings is 1. The zero-order valence-corrected chi connectivity index (χ0v) is 14.0. The Morgan fingerprint density at radius 2 is 1.88 bits per heavy atom. The lowest BCUT2D eigenvalue weighted by atomic mass is 9.99. The molecule has 2 aliphatic rings. The van der Waals surface area contributed by atoms with E-state index in [9.17, 15) is 18.0 Å². The van der Waals surface area contributed by atoms with Crippen LogP contribution in [0, 0.1) is 0 Å². The first-order valence-corrected chi connectivity index (χ1v) is 8.05. The van der Waals surface area contributed by atoms with E-state index in [1.165, 1.54) is 6.07 Å². The number of carbonyl (C=O) groups excluding carboxylic acids is 1. The third kappa shape index (κ3) is 3.71. The van der Waals surface area contributed by atoms with Gasteiger partial charge >= 0.3 is 12.2 Å². The highest BCUT2D eigenvalue weighted by atomic mass is 19.4. The quantitative estimate of drug-likeness (QED) is 0.851. The van der Waals surface area contributed by atoms with Gasteiger partial charge in [0, 0.05) is 37.4 Å². The fourth-order valence-corrected chi connectivity index (χ4v) is 3.07. The smallest absolute Gasteiger partial charge is 0.368 e. The van der Waals surface area contributed by atoms with Gasteiger partial charge in [0.2, 0.25) is 0 Å². The summed E-state index contributed by atoms with van der Waals surface area (Å²) >= 11 is 0. The Hall–Kier alpha value is -2.29. The summed E-state index contributed by atoms with van der Waals surface area (Å²) in [5.41, 5.74) is 2.46. The largest absolute Gasteiger partial charge is 0.418 e. The average Bonchev–Trinajstić information content (AvgIpc) is 2.54. The Balaban J connectivity index is 1.97. The van der Waals surface area contributed by atoms with Crippen molar-refractivity contribution in [1.29, 1.82) is 0 Å². The van der Waals surface area contributed by atoms with Crippen molar-refractivity contribution in [1.82, 2.24) is 15.6 Å². The second-order valence-corrected chi connectivity index (χ2v) is 6.32. The number of likely N-dealkylation sites (N-methyl/N-ethyl adjacent to an activating group) is 1. The number of urea groups is 1. The summed E-state index contributed by atoms with van der Waals surface area (Å²) in [5, 5.41) is 6.49. The van der Waals surface area contributed by atoms with Gasteiger partial charge in [-0.05, 0) is 26.1 Å². The molecule has 25 heavy (non-hydrogen) atoms. The molecule has 2 aliphatic heterocycles. The molecule has 9 heteroatoms. The second kappa shape index (κ2) is 6.55. The molecule has 0 spiro atoms. The van der Waals surface area contributed by atoms with Gasteiger partial charge in [-0.25, -0.2) is 10.2 Å². The highest BCUT2D eigenvalue weighted by molar-refractivity contribution is 6.07. The molecule has 1 aromatic rings. The first kappa shape index (κ1) is 17.5. The van der Waals surface area contributed by atoms with Gasteiger partial charge in [-0.1, -0.05) is 6.07 Å². The lowest BCUT2D eigenvalue weighted by Gasteiger charge is -2.35. The van der Waals surface area contributed by atoms with Crippen molar-refractivity contribution in [3.8, 4) is 0 Å². The Labute approximate surface area is 143 Å². The Morgan fingerprint density at radius 1 is 1.20 bits per heavy atom. The van der Waals surface area contributed by atoms with Crippen LogP contribution in [0.1, 0.15) is 18.1 Å². The number of hydrazone groups is 1. The molecule has 3 rings (SSSR count). The maximum atomic E-state index is 13.6. The van der Waals surface area contributed by atoms with Crippen LogP contribution in [-0.2, 0) is 6.18 Å². The number of hydrogen-bond acceptors (Lipinski definition) is 4. The molecule has 1 saturated heterocycles. The van der Waals surface area contributed by atoms with Crippen molar-refractivity contribution in [2.45, 2.75) is 19.1 Å². The normalized spacial score (nSPS) is 22.3. The van der Waals surface area contributed by atoms with Crippen LogP contribution in [-0.4, -0.2) is 55.9 Å². The van der Waals surface area contributed by atoms with Crippen LogP contribution in [0.4, 0.5) is 23.7 Å². The number of hydrogen-bond donors (Lipinski definition) is 2. The second-order valence-electron chi connectivity index (χ2n) is 6.32. The molecule has 0 aromatic heterocycles. The zero-order valence-electron chi connectivity index (χ0n) is 14.0. The van der Waals surface area contributed by atoms with Crippen LogP contribution < -0.4 is 15.6 Å².